The van der Waals surface area contributed by atoms with E-state index in [4.69, 9.17) is 29.9 Å². The van der Waals surface area contributed by atoms with Crippen molar-refractivity contribution in [3.63, 3.8) is 0 Å². The number of aromatic nitrogens is 6. The van der Waals surface area contributed by atoms with Crippen LogP contribution in [0.3, 0.4) is 0 Å². The lowest BCUT2D eigenvalue weighted by molar-refractivity contribution is -0.214. The van der Waals surface area contributed by atoms with Crippen molar-refractivity contribution in [3.8, 4) is 79.5 Å². The van der Waals surface area contributed by atoms with Crippen molar-refractivity contribution in [2.75, 3.05) is 0 Å². The van der Waals surface area contributed by atoms with Gasteiger partial charge in [0.25, 0.3) is 0 Å². The number of benzene rings is 7. The monoisotopic (exact) mass is 758 g/mol. The van der Waals surface area contributed by atoms with E-state index in [9.17, 15) is 0 Å². The van der Waals surface area contributed by atoms with E-state index in [0.29, 0.717) is 40.9 Å². The molecule has 12 rings (SSSR count). The first kappa shape index (κ1) is 33.9. The fourth-order valence-corrected chi connectivity index (χ4v) is 10.1. The molecule has 3 saturated carbocycles. The highest BCUT2D eigenvalue weighted by atomic mass is 15.0. The Balaban J connectivity index is 0.897. The van der Waals surface area contributed by atoms with Gasteiger partial charge in [-0.3, -0.25) is 0 Å². The van der Waals surface area contributed by atoms with Gasteiger partial charge in [-0.15, -0.1) is 0 Å². The predicted molar refractivity (Wildman–Crippen MR) is 235 cm³/mol. The van der Waals surface area contributed by atoms with Crippen LogP contribution in [0.1, 0.15) is 24.3 Å². The molecule has 0 N–H and O–H groups in total. The average Bonchev–Trinajstić information content (AvgIpc) is 3.31. The normalized spacial score (nSPS) is 19.9. The summed E-state index contributed by atoms with van der Waals surface area (Å²) in [6.45, 7) is 0. The summed E-state index contributed by atoms with van der Waals surface area (Å²) < 4.78 is 0. The molecule has 0 aliphatic heterocycles. The van der Waals surface area contributed by atoms with E-state index in [1.54, 1.807) is 0 Å². The first-order valence-corrected chi connectivity index (χ1v) is 20.6. The van der Waals surface area contributed by atoms with E-state index in [-0.39, 0.29) is 0 Å². The summed E-state index contributed by atoms with van der Waals surface area (Å²) in [7, 11) is 0. The molecule has 2 aromatic heterocycles. The van der Waals surface area contributed by atoms with Crippen LogP contribution in [0.15, 0.2) is 176 Å². The fourth-order valence-electron chi connectivity index (χ4n) is 10.1. The van der Waals surface area contributed by atoms with Crippen LogP contribution in [-0.2, 0) is 0 Å². The molecule has 3 fully saturated rings. The number of nitrogens with zero attached hydrogens (tertiary/aromatic N) is 6. The van der Waals surface area contributed by atoms with Crippen molar-refractivity contribution in [1.29, 1.82) is 0 Å². The van der Waals surface area contributed by atoms with E-state index in [2.05, 4.69) is 127 Å². The zero-order valence-corrected chi connectivity index (χ0v) is 32.2. The van der Waals surface area contributed by atoms with Gasteiger partial charge >= 0.3 is 0 Å². The minimum absolute atomic E-state index is 0.622. The highest BCUT2D eigenvalue weighted by Gasteiger charge is 2.67. The molecule has 9 aromatic rings. The Morgan fingerprint density at radius 3 is 1.42 bits per heavy atom. The molecular formula is C53H38N6. The molecule has 7 aromatic carbocycles. The maximum absolute atomic E-state index is 5.12. The SMILES string of the molecule is c1ccc(-c2nc(-c3ccc(-c4cccc(-c5nc(-c6ccccc6)nc(-c6cccc7ccccc67)n5)c4)cc3)nc(-c3cccc(C4C5CC6CC4C65)c3)n2)cc1. The van der Waals surface area contributed by atoms with Gasteiger partial charge in [-0.25, -0.2) is 29.9 Å². The Hall–Kier alpha value is -7.18. The van der Waals surface area contributed by atoms with E-state index in [0.717, 1.165) is 79.0 Å². The Morgan fingerprint density at radius 2 is 0.797 bits per heavy atom. The topological polar surface area (TPSA) is 77.3 Å². The van der Waals surface area contributed by atoms with Crippen LogP contribution in [0.2, 0.25) is 0 Å². The molecule has 3 aliphatic carbocycles. The summed E-state index contributed by atoms with van der Waals surface area (Å²) >= 11 is 0. The second-order valence-electron chi connectivity index (χ2n) is 16.3. The van der Waals surface area contributed by atoms with Gasteiger partial charge in [0.1, 0.15) is 0 Å². The molecule has 0 amide bonds. The first-order chi connectivity index (χ1) is 29.2. The molecule has 2 atom stereocenters. The number of rotatable bonds is 8. The summed E-state index contributed by atoms with van der Waals surface area (Å²) in [6.07, 6.45) is 2.81. The van der Waals surface area contributed by atoms with Gasteiger partial charge in [0.2, 0.25) is 0 Å². The third-order valence-corrected chi connectivity index (χ3v) is 13.1. The van der Waals surface area contributed by atoms with Gasteiger partial charge in [-0.1, -0.05) is 164 Å². The molecule has 2 heterocycles. The Morgan fingerprint density at radius 1 is 0.339 bits per heavy atom. The molecule has 280 valence electrons. The molecule has 6 heteroatoms. The van der Waals surface area contributed by atoms with Crippen molar-refractivity contribution >= 4 is 10.8 Å². The molecule has 3 aliphatic rings. The molecule has 2 unspecified atom stereocenters. The average molecular weight is 759 g/mol. The zero-order valence-electron chi connectivity index (χ0n) is 32.2. The first-order valence-electron chi connectivity index (χ1n) is 20.6. The van der Waals surface area contributed by atoms with Gasteiger partial charge in [0.15, 0.2) is 34.9 Å². The van der Waals surface area contributed by atoms with E-state index in [1.165, 1.54) is 18.4 Å². The summed E-state index contributed by atoms with van der Waals surface area (Å²) in [5.41, 5.74) is 9.35. The summed E-state index contributed by atoms with van der Waals surface area (Å²) in [5.74, 6) is 8.38. The van der Waals surface area contributed by atoms with Crippen molar-refractivity contribution < 1.29 is 0 Å². The third kappa shape index (κ3) is 5.86. The lowest BCUT2D eigenvalue weighted by Gasteiger charge is -2.73. The van der Waals surface area contributed by atoms with E-state index in [1.807, 2.05) is 48.5 Å². The van der Waals surface area contributed by atoms with E-state index >= 15 is 0 Å². The minimum Gasteiger partial charge on any atom is -0.208 e. The fraction of sp³-hybridized carbons (Fsp3) is 0.132. The Kier molecular flexibility index (Phi) is 7.90. The summed E-state index contributed by atoms with van der Waals surface area (Å²) in [4.78, 5) is 30.3. The largest absolute Gasteiger partial charge is 0.208 e. The standard InChI is InChI=1S/C53H38N6/c1-3-13-34(14-4-1)48-54-50(57-51(55-48)40-21-10-19-38(29-40)46-44-30-41-31-45(46)47(41)44)36-26-24-32(25-27-36)37-18-9-20-39(28-37)52-56-49(35-15-5-2-6-16-35)58-53(59-52)43-23-11-17-33-12-7-8-22-42(33)43/h1-29,41,44-47H,30-31H2. The maximum Gasteiger partial charge on any atom is 0.164 e. The summed E-state index contributed by atoms with van der Waals surface area (Å²) in [6, 6.07) is 60.9. The molecule has 59 heavy (non-hydrogen) atoms. The van der Waals surface area contributed by atoms with Crippen LogP contribution in [0.4, 0.5) is 0 Å². The van der Waals surface area contributed by atoms with Crippen LogP contribution >= 0.6 is 0 Å². The van der Waals surface area contributed by atoms with Gasteiger partial charge in [-0.2, -0.15) is 0 Å². The molecule has 0 spiro atoms. The van der Waals surface area contributed by atoms with Crippen LogP contribution in [0.5, 0.6) is 0 Å². The van der Waals surface area contributed by atoms with Crippen molar-refractivity contribution in [1.82, 2.24) is 29.9 Å². The second-order valence-corrected chi connectivity index (χ2v) is 16.3. The molecular weight excluding hydrogens is 721 g/mol. The highest BCUT2D eigenvalue weighted by molar-refractivity contribution is 5.95. The molecule has 0 radical (unpaired) electrons. The number of hydrogen-bond acceptors (Lipinski definition) is 6. The van der Waals surface area contributed by atoms with Gasteiger partial charge in [0, 0.05) is 33.4 Å². The minimum atomic E-state index is 0.622. The summed E-state index contributed by atoms with van der Waals surface area (Å²) in [5, 5.41) is 2.25. The molecule has 0 bridgehead atoms. The van der Waals surface area contributed by atoms with Crippen LogP contribution in [0.25, 0.3) is 90.2 Å². The Bertz CT molecular complexity index is 3020. The third-order valence-electron chi connectivity index (χ3n) is 13.1. The predicted octanol–water partition coefficient (Wildman–Crippen LogP) is 12.2. The van der Waals surface area contributed by atoms with Gasteiger partial charge < -0.3 is 0 Å². The second kappa shape index (κ2) is 13.7. The van der Waals surface area contributed by atoms with Crippen molar-refractivity contribution in [2.45, 2.75) is 18.8 Å². The lowest BCUT2D eigenvalue weighted by atomic mass is 9.31. The number of hydrogen-bond donors (Lipinski definition) is 0. The zero-order chi connectivity index (χ0) is 38.9. The molecule has 6 nitrogen and oxygen atoms in total. The van der Waals surface area contributed by atoms with Crippen molar-refractivity contribution in [2.24, 2.45) is 23.7 Å². The highest BCUT2D eigenvalue weighted by Crippen LogP contribution is 2.75. The van der Waals surface area contributed by atoms with Gasteiger partial charge in [0.05, 0.1) is 0 Å². The quantitative estimate of drug-likeness (QED) is 0.154. The number of fused-ring (bicyclic) bond motifs is 1. The Labute approximate surface area is 342 Å². The lowest BCUT2D eigenvalue weighted by Crippen LogP contribution is -2.65. The smallest absolute Gasteiger partial charge is 0.164 e. The maximum atomic E-state index is 5.12. The van der Waals surface area contributed by atoms with Crippen LogP contribution in [0, 0.1) is 23.7 Å². The van der Waals surface area contributed by atoms with Crippen molar-refractivity contribution in [3.05, 3.63) is 181 Å². The van der Waals surface area contributed by atoms with Crippen LogP contribution < -0.4 is 0 Å². The van der Waals surface area contributed by atoms with Gasteiger partial charge in [-0.05, 0) is 82.0 Å². The molecule has 0 saturated heterocycles. The van der Waals surface area contributed by atoms with Crippen LogP contribution in [-0.4, -0.2) is 29.9 Å². The van der Waals surface area contributed by atoms with E-state index < -0.39 is 0 Å².